The molecule has 0 saturated carbocycles. The summed E-state index contributed by atoms with van der Waals surface area (Å²) in [5.74, 6) is 0. The molecule has 0 atom stereocenters. The highest BCUT2D eigenvalue weighted by Crippen LogP contribution is 2.09. The molecule has 0 spiro atoms. The van der Waals surface area contributed by atoms with Crippen LogP contribution in [0.5, 0.6) is 0 Å². The molecule has 0 N–H and O–H groups in total. The second-order valence-electron chi connectivity index (χ2n) is 3.97. The lowest BCUT2D eigenvalue weighted by atomic mass is 10.2. The Morgan fingerprint density at radius 1 is 1.06 bits per heavy atom. The van der Waals surface area contributed by atoms with E-state index in [2.05, 4.69) is 47.3 Å². The quantitative estimate of drug-likeness (QED) is 0.425. The molecule has 1 aromatic carbocycles. The zero-order valence-electron chi connectivity index (χ0n) is 9.30. The summed E-state index contributed by atoms with van der Waals surface area (Å²) in [6.45, 7) is 0.985. The highest BCUT2D eigenvalue weighted by Gasteiger charge is 2.01. The van der Waals surface area contributed by atoms with Crippen LogP contribution in [0.4, 0.5) is 0 Å². The number of nitrogens with zero attached hydrogens (tertiary/aromatic N) is 1. The Morgan fingerprint density at radius 2 is 1.88 bits per heavy atom. The van der Waals surface area contributed by atoms with E-state index in [1.54, 1.807) is 0 Å². The number of unbranched alkanes of at least 4 members (excludes halogenated alkanes) is 2. The first-order chi connectivity index (χ1) is 7.90. The van der Waals surface area contributed by atoms with E-state index in [1.807, 2.05) is 0 Å². The zero-order chi connectivity index (χ0) is 11.2. The molecule has 2 rings (SSSR count). The molecule has 0 saturated heterocycles. The van der Waals surface area contributed by atoms with Gasteiger partial charge in [0.1, 0.15) is 12.8 Å². The van der Waals surface area contributed by atoms with Crippen LogP contribution in [-0.2, 0) is 11.3 Å². The summed E-state index contributed by atoms with van der Waals surface area (Å²) in [7, 11) is 0. The van der Waals surface area contributed by atoms with Crippen LogP contribution in [-0.4, -0.2) is 6.29 Å². The van der Waals surface area contributed by atoms with Gasteiger partial charge in [0.25, 0.3) is 0 Å². The fourth-order valence-corrected chi connectivity index (χ4v) is 1.84. The van der Waals surface area contributed by atoms with Crippen LogP contribution in [0.15, 0.2) is 42.7 Å². The standard InChI is InChI=1S/C14H16NO/c16-11-5-1-4-9-15-10-8-13-6-2-3-7-14(13)12-15/h2-3,6-8,10-12H,1,4-5,9H2/q+1. The smallest absolute Gasteiger partial charge is 0.176 e. The summed E-state index contributed by atoms with van der Waals surface area (Å²) in [4.78, 5) is 10.2. The molecule has 2 aromatic rings. The SMILES string of the molecule is O=CCCCC[n+]1ccc2ccccc2c1. The molecular weight excluding hydrogens is 198 g/mol. The van der Waals surface area contributed by atoms with Crippen LogP contribution in [0.2, 0.25) is 0 Å². The van der Waals surface area contributed by atoms with Crippen LogP contribution in [0.1, 0.15) is 19.3 Å². The van der Waals surface area contributed by atoms with Gasteiger partial charge in [-0.15, -0.1) is 0 Å². The number of benzene rings is 1. The Bertz CT molecular complexity index is 479. The molecule has 1 aromatic heterocycles. The summed E-state index contributed by atoms with van der Waals surface area (Å²) in [5.41, 5.74) is 0. The number of carbonyl (C=O) groups is 1. The first-order valence-electron chi connectivity index (χ1n) is 5.71. The van der Waals surface area contributed by atoms with Crippen LogP contribution in [0.3, 0.4) is 0 Å². The Morgan fingerprint density at radius 3 is 2.69 bits per heavy atom. The van der Waals surface area contributed by atoms with Crippen LogP contribution in [0, 0.1) is 0 Å². The van der Waals surface area contributed by atoms with Crippen LogP contribution >= 0.6 is 0 Å². The van der Waals surface area contributed by atoms with Gasteiger partial charge in [-0.25, -0.2) is 4.57 Å². The Balaban J connectivity index is 2.05. The number of hydrogen-bond donors (Lipinski definition) is 0. The van der Waals surface area contributed by atoms with Gasteiger partial charge in [-0.2, -0.15) is 0 Å². The third kappa shape index (κ3) is 2.66. The van der Waals surface area contributed by atoms with E-state index >= 15 is 0 Å². The van der Waals surface area contributed by atoms with E-state index in [0.717, 1.165) is 25.7 Å². The predicted molar refractivity (Wildman–Crippen MR) is 64.1 cm³/mol. The summed E-state index contributed by atoms with van der Waals surface area (Å²) in [6.07, 6.45) is 7.96. The topological polar surface area (TPSA) is 20.9 Å². The minimum Gasteiger partial charge on any atom is -0.303 e. The average Bonchev–Trinajstić information content (AvgIpc) is 2.34. The van der Waals surface area contributed by atoms with Crippen molar-refractivity contribution in [3.8, 4) is 0 Å². The molecule has 0 aliphatic rings. The van der Waals surface area contributed by atoms with Crippen molar-refractivity contribution in [3.05, 3.63) is 42.7 Å². The summed E-state index contributed by atoms with van der Waals surface area (Å²) in [5, 5.41) is 2.53. The van der Waals surface area contributed by atoms with Gasteiger partial charge < -0.3 is 4.79 Å². The molecule has 0 bridgehead atoms. The number of aryl methyl sites for hydroxylation is 1. The fraction of sp³-hybridized carbons (Fsp3) is 0.286. The Kier molecular flexibility index (Phi) is 3.65. The molecule has 0 amide bonds. The fourth-order valence-electron chi connectivity index (χ4n) is 1.84. The first kappa shape index (κ1) is 10.8. The minimum atomic E-state index is 0.675. The molecule has 82 valence electrons. The molecule has 2 heteroatoms. The number of aromatic nitrogens is 1. The van der Waals surface area contributed by atoms with E-state index in [0.29, 0.717) is 6.42 Å². The average molecular weight is 214 g/mol. The maximum Gasteiger partial charge on any atom is 0.176 e. The van der Waals surface area contributed by atoms with Gasteiger partial charge in [0.05, 0.1) is 0 Å². The van der Waals surface area contributed by atoms with Crippen LogP contribution < -0.4 is 4.57 Å². The second-order valence-corrected chi connectivity index (χ2v) is 3.97. The van der Waals surface area contributed by atoms with E-state index in [-0.39, 0.29) is 0 Å². The van der Waals surface area contributed by atoms with Gasteiger partial charge in [0, 0.05) is 24.3 Å². The van der Waals surface area contributed by atoms with Crippen molar-refractivity contribution in [1.82, 2.24) is 0 Å². The first-order valence-corrected chi connectivity index (χ1v) is 5.71. The molecular formula is C14H16NO+. The second kappa shape index (κ2) is 5.40. The number of rotatable bonds is 5. The summed E-state index contributed by atoms with van der Waals surface area (Å²) < 4.78 is 2.19. The van der Waals surface area contributed by atoms with Gasteiger partial charge in [0.2, 0.25) is 0 Å². The van der Waals surface area contributed by atoms with Crippen molar-refractivity contribution < 1.29 is 9.36 Å². The Labute approximate surface area is 95.5 Å². The highest BCUT2D eigenvalue weighted by atomic mass is 16.1. The van der Waals surface area contributed by atoms with E-state index in [9.17, 15) is 4.79 Å². The number of fused-ring (bicyclic) bond motifs is 1. The number of carbonyl (C=O) groups excluding carboxylic acids is 1. The molecule has 1 heterocycles. The summed E-state index contributed by atoms with van der Waals surface area (Å²) >= 11 is 0. The van der Waals surface area contributed by atoms with Gasteiger partial charge >= 0.3 is 0 Å². The summed E-state index contributed by atoms with van der Waals surface area (Å²) in [6, 6.07) is 10.5. The molecule has 2 nitrogen and oxygen atoms in total. The van der Waals surface area contributed by atoms with Gasteiger partial charge in [0.15, 0.2) is 12.4 Å². The molecule has 0 aliphatic heterocycles. The maximum atomic E-state index is 10.2. The van der Waals surface area contributed by atoms with Crippen LogP contribution in [0.25, 0.3) is 10.8 Å². The molecule has 16 heavy (non-hydrogen) atoms. The van der Waals surface area contributed by atoms with Crippen molar-refractivity contribution in [2.45, 2.75) is 25.8 Å². The predicted octanol–water partition coefficient (Wildman–Crippen LogP) is 2.50. The zero-order valence-corrected chi connectivity index (χ0v) is 9.30. The lowest BCUT2D eigenvalue weighted by Gasteiger charge is -1.98. The van der Waals surface area contributed by atoms with Crippen molar-refractivity contribution >= 4 is 17.1 Å². The third-order valence-electron chi connectivity index (χ3n) is 2.73. The maximum absolute atomic E-state index is 10.2. The number of pyridine rings is 1. The lowest BCUT2D eigenvalue weighted by molar-refractivity contribution is -0.696. The van der Waals surface area contributed by atoms with Crippen molar-refractivity contribution in [2.24, 2.45) is 0 Å². The molecule has 0 fully saturated rings. The largest absolute Gasteiger partial charge is 0.303 e. The van der Waals surface area contributed by atoms with Gasteiger partial charge in [-0.1, -0.05) is 18.2 Å². The number of aldehydes is 1. The monoisotopic (exact) mass is 214 g/mol. The lowest BCUT2D eigenvalue weighted by Crippen LogP contribution is -2.32. The van der Waals surface area contributed by atoms with Gasteiger partial charge in [-0.05, 0) is 17.9 Å². The number of hydrogen-bond acceptors (Lipinski definition) is 1. The highest BCUT2D eigenvalue weighted by molar-refractivity contribution is 5.80. The van der Waals surface area contributed by atoms with E-state index in [1.165, 1.54) is 10.8 Å². The Hall–Kier alpha value is -1.70. The normalized spacial score (nSPS) is 10.5. The third-order valence-corrected chi connectivity index (χ3v) is 2.73. The van der Waals surface area contributed by atoms with Gasteiger partial charge in [-0.3, -0.25) is 0 Å². The molecule has 0 aliphatic carbocycles. The van der Waals surface area contributed by atoms with E-state index < -0.39 is 0 Å². The molecule has 0 unspecified atom stereocenters. The van der Waals surface area contributed by atoms with Crippen molar-refractivity contribution in [3.63, 3.8) is 0 Å². The van der Waals surface area contributed by atoms with E-state index in [4.69, 9.17) is 0 Å². The van der Waals surface area contributed by atoms with Crippen molar-refractivity contribution in [1.29, 1.82) is 0 Å². The van der Waals surface area contributed by atoms with Crippen molar-refractivity contribution in [2.75, 3.05) is 0 Å². The minimum absolute atomic E-state index is 0.675. The molecule has 0 radical (unpaired) electrons.